The third-order valence-corrected chi connectivity index (χ3v) is 4.01. The number of fused-ring (bicyclic) bond motifs is 1. The van der Waals surface area contributed by atoms with Crippen molar-refractivity contribution in [3.8, 4) is 0 Å². The van der Waals surface area contributed by atoms with E-state index in [1.165, 1.54) is 0 Å². The van der Waals surface area contributed by atoms with Crippen molar-refractivity contribution >= 4 is 23.7 Å². The summed E-state index contributed by atoms with van der Waals surface area (Å²) in [5.74, 6) is -0.940. The zero-order chi connectivity index (χ0) is 10.6. The largest absolute Gasteiger partial charge is 0.386 e. The molecule has 0 fully saturated rings. The van der Waals surface area contributed by atoms with Gasteiger partial charge in [0.25, 0.3) is 0 Å². The predicted octanol–water partition coefficient (Wildman–Crippen LogP) is 1.72. The van der Waals surface area contributed by atoms with E-state index in [-0.39, 0.29) is 0 Å². The average Bonchev–Trinajstić information content (AvgIpc) is 2.73. The van der Waals surface area contributed by atoms with Gasteiger partial charge in [-0.1, -0.05) is 6.08 Å². The normalized spacial score (nSPS) is 28.5. The third-order valence-electron chi connectivity index (χ3n) is 2.97. The van der Waals surface area contributed by atoms with E-state index in [9.17, 15) is 9.59 Å². The molecule has 0 spiro atoms. The van der Waals surface area contributed by atoms with Crippen molar-refractivity contribution in [3.63, 3.8) is 0 Å². The van der Waals surface area contributed by atoms with Gasteiger partial charge in [0.2, 0.25) is 0 Å². The highest BCUT2D eigenvalue weighted by Gasteiger charge is 2.40. The molecule has 0 saturated heterocycles. The van der Waals surface area contributed by atoms with Gasteiger partial charge in [-0.2, -0.15) is 0 Å². The van der Waals surface area contributed by atoms with Crippen molar-refractivity contribution in [1.29, 1.82) is 0 Å². The average molecular weight is 220 g/mol. The van der Waals surface area contributed by atoms with Crippen LogP contribution in [0.3, 0.4) is 0 Å². The van der Waals surface area contributed by atoms with Gasteiger partial charge in [-0.05, 0) is 29.9 Å². The predicted molar refractivity (Wildman–Crippen MR) is 56.0 cm³/mol. The van der Waals surface area contributed by atoms with E-state index >= 15 is 0 Å². The Labute approximate surface area is 90.9 Å². The lowest BCUT2D eigenvalue weighted by atomic mass is 9.87. The minimum absolute atomic E-state index is 0.294. The molecular weight excluding hydrogens is 212 g/mol. The second-order valence-electron chi connectivity index (χ2n) is 3.74. The number of thioether (sulfide) groups is 1. The highest BCUT2D eigenvalue weighted by atomic mass is 32.2. The zero-order valence-electron chi connectivity index (χ0n) is 8.07. The molecule has 15 heavy (non-hydrogen) atoms. The minimum atomic E-state index is -0.483. The SMILES string of the molecule is CC1=C2C=CSC2CC2=C1C(=O)OC2=O. The molecule has 0 radical (unpaired) electrons. The van der Waals surface area contributed by atoms with E-state index in [0.717, 1.165) is 11.1 Å². The Balaban J connectivity index is 2.19. The van der Waals surface area contributed by atoms with Crippen molar-refractivity contribution in [3.05, 3.63) is 33.8 Å². The van der Waals surface area contributed by atoms with E-state index in [4.69, 9.17) is 0 Å². The molecule has 2 aliphatic heterocycles. The number of esters is 2. The fraction of sp³-hybridized carbons (Fsp3) is 0.273. The molecule has 4 heteroatoms. The molecule has 0 aromatic heterocycles. The molecule has 0 aromatic rings. The van der Waals surface area contributed by atoms with Crippen LogP contribution >= 0.6 is 11.8 Å². The number of ether oxygens (including phenoxy) is 1. The van der Waals surface area contributed by atoms with Gasteiger partial charge in [0.15, 0.2) is 0 Å². The molecule has 3 aliphatic rings. The quantitative estimate of drug-likeness (QED) is 0.460. The smallest absolute Gasteiger partial charge is 0.346 e. The molecule has 0 bridgehead atoms. The zero-order valence-corrected chi connectivity index (χ0v) is 8.89. The first-order chi connectivity index (χ1) is 7.18. The second-order valence-corrected chi connectivity index (χ2v) is 4.86. The van der Waals surface area contributed by atoms with Gasteiger partial charge in [0.1, 0.15) is 0 Å². The molecule has 1 unspecified atom stereocenters. The van der Waals surface area contributed by atoms with E-state index < -0.39 is 11.9 Å². The summed E-state index contributed by atoms with van der Waals surface area (Å²) in [4.78, 5) is 22.9. The summed E-state index contributed by atoms with van der Waals surface area (Å²) < 4.78 is 4.62. The van der Waals surface area contributed by atoms with Crippen molar-refractivity contribution in [2.24, 2.45) is 0 Å². The molecule has 1 atom stereocenters. The molecule has 0 N–H and O–H groups in total. The molecule has 3 rings (SSSR count). The van der Waals surface area contributed by atoms with Crippen LogP contribution in [0.4, 0.5) is 0 Å². The van der Waals surface area contributed by atoms with Crippen LogP contribution in [0.15, 0.2) is 33.8 Å². The van der Waals surface area contributed by atoms with Crippen molar-refractivity contribution in [1.82, 2.24) is 0 Å². The molecule has 0 amide bonds. The maximum Gasteiger partial charge on any atom is 0.346 e. The summed E-state index contributed by atoms with van der Waals surface area (Å²) in [7, 11) is 0. The lowest BCUT2D eigenvalue weighted by molar-refractivity contribution is -0.151. The fourth-order valence-corrected chi connectivity index (χ4v) is 3.31. The Morgan fingerprint density at radius 2 is 2.20 bits per heavy atom. The van der Waals surface area contributed by atoms with Gasteiger partial charge in [-0.3, -0.25) is 0 Å². The monoisotopic (exact) mass is 220 g/mol. The second kappa shape index (κ2) is 2.85. The standard InChI is InChI=1S/C11H8O3S/c1-5-6-2-3-15-8(6)4-7-9(5)11(13)14-10(7)12/h2-3,8H,4H2,1H3. The molecular formula is C11H8O3S. The fourth-order valence-electron chi connectivity index (χ4n) is 2.23. The summed E-state index contributed by atoms with van der Waals surface area (Å²) >= 11 is 1.69. The van der Waals surface area contributed by atoms with E-state index in [2.05, 4.69) is 4.74 Å². The summed E-state index contributed by atoms with van der Waals surface area (Å²) in [6.07, 6.45) is 2.63. The molecule has 0 saturated carbocycles. The van der Waals surface area contributed by atoms with Crippen LogP contribution in [0.25, 0.3) is 0 Å². The molecule has 1 aliphatic carbocycles. The van der Waals surface area contributed by atoms with Gasteiger partial charge >= 0.3 is 11.9 Å². The first-order valence-electron chi connectivity index (χ1n) is 4.71. The highest BCUT2D eigenvalue weighted by Crippen LogP contribution is 2.44. The van der Waals surface area contributed by atoms with E-state index in [1.807, 2.05) is 18.4 Å². The number of hydrogen-bond acceptors (Lipinski definition) is 4. The highest BCUT2D eigenvalue weighted by molar-refractivity contribution is 8.03. The summed E-state index contributed by atoms with van der Waals surface area (Å²) in [5.41, 5.74) is 3.12. The first-order valence-corrected chi connectivity index (χ1v) is 5.65. The first kappa shape index (κ1) is 8.97. The lowest BCUT2D eigenvalue weighted by Gasteiger charge is -2.19. The Hall–Kier alpha value is -1.29. The Kier molecular flexibility index (Phi) is 1.71. The Morgan fingerprint density at radius 1 is 1.40 bits per heavy atom. The Morgan fingerprint density at radius 3 is 3.00 bits per heavy atom. The summed E-state index contributed by atoms with van der Waals surface area (Å²) in [6.45, 7) is 1.88. The van der Waals surface area contributed by atoms with Crippen LogP contribution in [0, 0.1) is 0 Å². The van der Waals surface area contributed by atoms with Crippen LogP contribution in [-0.4, -0.2) is 17.2 Å². The van der Waals surface area contributed by atoms with Gasteiger partial charge < -0.3 is 4.74 Å². The number of carbonyl (C=O) groups excluding carboxylic acids is 2. The van der Waals surface area contributed by atoms with Crippen LogP contribution in [0.2, 0.25) is 0 Å². The van der Waals surface area contributed by atoms with Crippen LogP contribution in [0.5, 0.6) is 0 Å². The number of allylic oxidation sites excluding steroid dienone is 1. The van der Waals surface area contributed by atoms with Gasteiger partial charge in [-0.15, -0.1) is 11.8 Å². The molecule has 76 valence electrons. The number of rotatable bonds is 0. The lowest BCUT2D eigenvalue weighted by Crippen LogP contribution is -2.14. The minimum Gasteiger partial charge on any atom is -0.386 e. The van der Waals surface area contributed by atoms with Crippen molar-refractivity contribution in [2.75, 3.05) is 0 Å². The van der Waals surface area contributed by atoms with Crippen LogP contribution < -0.4 is 0 Å². The van der Waals surface area contributed by atoms with Gasteiger partial charge in [0.05, 0.1) is 11.1 Å². The molecule has 2 heterocycles. The number of carbonyl (C=O) groups is 2. The van der Waals surface area contributed by atoms with Gasteiger partial charge in [-0.25, -0.2) is 9.59 Å². The number of cyclic esters (lactones) is 2. The Bertz CT molecular complexity index is 482. The topological polar surface area (TPSA) is 43.4 Å². The van der Waals surface area contributed by atoms with Gasteiger partial charge in [0, 0.05) is 5.25 Å². The maximum atomic E-state index is 11.5. The third kappa shape index (κ3) is 1.08. The summed E-state index contributed by atoms with van der Waals surface area (Å²) in [6, 6.07) is 0. The number of hydrogen-bond donors (Lipinski definition) is 0. The summed E-state index contributed by atoms with van der Waals surface area (Å²) in [5, 5.41) is 2.31. The molecule has 3 nitrogen and oxygen atoms in total. The van der Waals surface area contributed by atoms with Crippen LogP contribution in [-0.2, 0) is 14.3 Å². The van der Waals surface area contributed by atoms with Crippen molar-refractivity contribution < 1.29 is 14.3 Å². The molecule has 0 aromatic carbocycles. The maximum absolute atomic E-state index is 11.5. The van der Waals surface area contributed by atoms with E-state index in [0.29, 0.717) is 22.8 Å². The van der Waals surface area contributed by atoms with E-state index in [1.54, 1.807) is 11.8 Å². The van der Waals surface area contributed by atoms with Crippen molar-refractivity contribution in [2.45, 2.75) is 18.6 Å². The van der Waals surface area contributed by atoms with Crippen LogP contribution in [0.1, 0.15) is 13.3 Å².